The molecule has 6 heteroatoms. The van der Waals surface area contributed by atoms with Crippen molar-refractivity contribution in [3.05, 3.63) is 65.2 Å². The highest BCUT2D eigenvalue weighted by Gasteiger charge is 2.40. The van der Waals surface area contributed by atoms with Crippen LogP contribution in [0.15, 0.2) is 48.5 Å². The number of carbonyl (C=O) groups excluding carboxylic acids is 2. The summed E-state index contributed by atoms with van der Waals surface area (Å²) in [6, 6.07) is 14.6. The first kappa shape index (κ1) is 14.8. The van der Waals surface area contributed by atoms with E-state index < -0.39 is 0 Å². The van der Waals surface area contributed by atoms with E-state index in [1.807, 2.05) is 12.1 Å². The van der Waals surface area contributed by atoms with Crippen molar-refractivity contribution < 1.29 is 19.1 Å². The first-order valence-electron chi connectivity index (χ1n) is 8.25. The third-order valence-corrected chi connectivity index (χ3v) is 5.06. The highest BCUT2D eigenvalue weighted by Crippen LogP contribution is 2.35. The average Bonchev–Trinajstić information content (AvgIpc) is 3.31. The fourth-order valence-electron chi connectivity index (χ4n) is 3.75. The fourth-order valence-corrected chi connectivity index (χ4v) is 3.75. The van der Waals surface area contributed by atoms with Gasteiger partial charge in [-0.05, 0) is 29.8 Å². The summed E-state index contributed by atoms with van der Waals surface area (Å²) in [5, 5.41) is 0. The van der Waals surface area contributed by atoms with Gasteiger partial charge in [0.2, 0.25) is 0 Å². The molecule has 0 N–H and O–H groups in total. The molecule has 0 saturated carbocycles. The zero-order valence-electron chi connectivity index (χ0n) is 13.4. The van der Waals surface area contributed by atoms with Crippen LogP contribution in [0.2, 0.25) is 0 Å². The quantitative estimate of drug-likeness (QED) is 0.787. The number of hydrogen-bond acceptors (Lipinski definition) is 5. The number of amides is 2. The largest absolute Gasteiger partial charge is 0.364 e. The van der Waals surface area contributed by atoms with Gasteiger partial charge in [-0.15, -0.1) is 0 Å². The van der Waals surface area contributed by atoms with Gasteiger partial charge in [0.05, 0.1) is 29.5 Å². The van der Waals surface area contributed by atoms with Crippen molar-refractivity contribution in [1.29, 1.82) is 0 Å². The minimum absolute atomic E-state index is 0.0428. The molecule has 3 heterocycles. The molecule has 2 aromatic carbocycles. The monoisotopic (exact) mass is 336 g/mol. The van der Waals surface area contributed by atoms with Crippen molar-refractivity contribution >= 4 is 17.5 Å². The second kappa shape index (κ2) is 5.49. The lowest BCUT2D eigenvalue weighted by Crippen LogP contribution is -2.29. The van der Waals surface area contributed by atoms with Crippen molar-refractivity contribution in [3.63, 3.8) is 0 Å². The van der Waals surface area contributed by atoms with E-state index in [9.17, 15) is 9.59 Å². The van der Waals surface area contributed by atoms with E-state index in [2.05, 4.69) is 4.90 Å². The van der Waals surface area contributed by atoms with E-state index in [0.717, 1.165) is 5.56 Å². The molecule has 0 aliphatic carbocycles. The molecule has 2 unspecified atom stereocenters. The van der Waals surface area contributed by atoms with Crippen LogP contribution >= 0.6 is 0 Å². The van der Waals surface area contributed by atoms with Crippen LogP contribution in [0.4, 0.5) is 5.69 Å². The highest BCUT2D eigenvalue weighted by atomic mass is 16.6. The zero-order chi connectivity index (χ0) is 17.0. The molecule has 3 aliphatic heterocycles. The summed E-state index contributed by atoms with van der Waals surface area (Å²) in [6.45, 7) is 1.83. The van der Waals surface area contributed by atoms with E-state index >= 15 is 0 Å². The van der Waals surface area contributed by atoms with Gasteiger partial charge in [0.25, 0.3) is 11.8 Å². The second-order valence-electron chi connectivity index (χ2n) is 6.46. The normalized spacial score (nSPS) is 25.5. The number of carbonyl (C=O) groups is 2. The number of ether oxygens (including phenoxy) is 2. The van der Waals surface area contributed by atoms with E-state index in [0.29, 0.717) is 36.9 Å². The molecular formula is C19H16N2O4. The molecule has 2 atom stereocenters. The number of nitrogens with zero attached hydrogens (tertiary/aromatic N) is 2. The molecule has 2 fully saturated rings. The Morgan fingerprint density at radius 3 is 2.24 bits per heavy atom. The molecule has 0 radical (unpaired) electrons. The summed E-state index contributed by atoms with van der Waals surface area (Å²) in [4.78, 5) is 28.5. The third-order valence-electron chi connectivity index (χ3n) is 5.06. The van der Waals surface area contributed by atoms with Crippen LogP contribution in [0.25, 0.3) is 0 Å². The Hall–Kier alpha value is -2.54. The van der Waals surface area contributed by atoms with Crippen molar-refractivity contribution in [2.45, 2.75) is 12.1 Å². The van der Waals surface area contributed by atoms with Crippen LogP contribution in [0, 0.1) is 0 Å². The van der Waals surface area contributed by atoms with Crippen molar-refractivity contribution in [2.24, 2.45) is 0 Å². The van der Waals surface area contributed by atoms with Crippen molar-refractivity contribution in [2.75, 3.05) is 25.0 Å². The van der Waals surface area contributed by atoms with Gasteiger partial charge in [0, 0.05) is 0 Å². The maximum atomic E-state index is 12.6. The van der Waals surface area contributed by atoms with E-state index in [-0.39, 0.29) is 24.0 Å². The van der Waals surface area contributed by atoms with Gasteiger partial charge >= 0.3 is 0 Å². The van der Waals surface area contributed by atoms with Gasteiger partial charge in [0.1, 0.15) is 19.6 Å². The first-order valence-corrected chi connectivity index (χ1v) is 8.25. The number of hydrogen-bond donors (Lipinski definition) is 0. The Balaban J connectivity index is 1.43. The molecule has 0 aromatic heterocycles. The topological polar surface area (TPSA) is 59.1 Å². The second-order valence-corrected chi connectivity index (χ2v) is 6.46. The first-order chi connectivity index (χ1) is 12.2. The molecular weight excluding hydrogens is 320 g/mol. The summed E-state index contributed by atoms with van der Waals surface area (Å²) in [7, 11) is 0. The van der Waals surface area contributed by atoms with Gasteiger partial charge in [0.15, 0.2) is 0 Å². The summed E-state index contributed by atoms with van der Waals surface area (Å²) in [5.74, 6) is -0.554. The SMILES string of the molecule is O=C1c2ccccc2C(=O)N1c1ccc(C2OCN3COCC23)cc1. The number of imide groups is 1. The van der Waals surface area contributed by atoms with Gasteiger partial charge < -0.3 is 9.47 Å². The zero-order valence-corrected chi connectivity index (χ0v) is 13.4. The molecule has 0 spiro atoms. The minimum Gasteiger partial charge on any atom is -0.364 e. The lowest BCUT2D eigenvalue weighted by atomic mass is 10.0. The van der Waals surface area contributed by atoms with Crippen LogP contribution in [-0.2, 0) is 9.47 Å². The van der Waals surface area contributed by atoms with Crippen LogP contribution in [0.3, 0.4) is 0 Å². The standard InChI is InChI=1S/C19H16N2O4/c22-18-14-3-1-2-4-15(14)19(23)21(18)13-7-5-12(6-8-13)17-16-9-24-10-20(16)11-25-17/h1-8,16-17H,9-11H2. The van der Waals surface area contributed by atoms with E-state index in [1.165, 1.54) is 4.90 Å². The Morgan fingerprint density at radius 1 is 0.880 bits per heavy atom. The number of fused-ring (bicyclic) bond motifs is 2. The summed E-state index contributed by atoms with van der Waals surface area (Å²) >= 11 is 0. The van der Waals surface area contributed by atoms with Crippen LogP contribution in [0.1, 0.15) is 32.4 Å². The number of anilines is 1. The predicted octanol–water partition coefficient (Wildman–Crippen LogP) is 2.17. The molecule has 5 rings (SSSR count). The summed E-state index contributed by atoms with van der Waals surface area (Å²) in [6.07, 6.45) is -0.0428. The van der Waals surface area contributed by atoms with Gasteiger partial charge in [-0.25, -0.2) is 9.80 Å². The fraction of sp³-hybridized carbons (Fsp3) is 0.263. The van der Waals surface area contributed by atoms with Crippen LogP contribution in [-0.4, -0.2) is 42.8 Å². The smallest absolute Gasteiger partial charge is 0.266 e. The third kappa shape index (κ3) is 2.15. The van der Waals surface area contributed by atoms with Crippen molar-refractivity contribution in [3.8, 4) is 0 Å². The maximum absolute atomic E-state index is 12.6. The van der Waals surface area contributed by atoms with E-state index in [4.69, 9.17) is 9.47 Å². The molecule has 6 nitrogen and oxygen atoms in total. The molecule has 2 amide bonds. The van der Waals surface area contributed by atoms with Crippen LogP contribution < -0.4 is 4.90 Å². The average molecular weight is 336 g/mol. The van der Waals surface area contributed by atoms with Crippen LogP contribution in [0.5, 0.6) is 0 Å². The summed E-state index contributed by atoms with van der Waals surface area (Å²) in [5.41, 5.74) is 2.51. The predicted molar refractivity (Wildman–Crippen MR) is 89.2 cm³/mol. The Morgan fingerprint density at radius 2 is 1.56 bits per heavy atom. The highest BCUT2D eigenvalue weighted by molar-refractivity contribution is 6.34. The molecule has 2 saturated heterocycles. The molecule has 3 aliphatic rings. The Bertz CT molecular complexity index is 829. The number of benzene rings is 2. The molecule has 25 heavy (non-hydrogen) atoms. The minimum atomic E-state index is -0.277. The summed E-state index contributed by atoms with van der Waals surface area (Å²) < 4.78 is 11.3. The van der Waals surface area contributed by atoms with Gasteiger partial charge in [-0.3, -0.25) is 9.59 Å². The molecule has 126 valence electrons. The lowest BCUT2D eigenvalue weighted by Gasteiger charge is -2.18. The van der Waals surface area contributed by atoms with E-state index in [1.54, 1.807) is 36.4 Å². The lowest BCUT2D eigenvalue weighted by molar-refractivity contribution is 0.0370. The maximum Gasteiger partial charge on any atom is 0.266 e. The Labute approximate surface area is 144 Å². The molecule has 2 aromatic rings. The molecule has 0 bridgehead atoms. The van der Waals surface area contributed by atoms with Gasteiger partial charge in [-0.1, -0.05) is 24.3 Å². The van der Waals surface area contributed by atoms with Gasteiger partial charge in [-0.2, -0.15) is 0 Å². The number of rotatable bonds is 2. The Kier molecular flexibility index (Phi) is 3.24. The van der Waals surface area contributed by atoms with Crippen molar-refractivity contribution in [1.82, 2.24) is 4.90 Å².